The zero-order valence-electron chi connectivity index (χ0n) is 17.5. The van der Waals surface area contributed by atoms with Crippen LogP contribution in [-0.2, 0) is 0 Å². The molecule has 32 heavy (non-hydrogen) atoms. The third-order valence-corrected chi connectivity index (χ3v) is 5.19. The van der Waals surface area contributed by atoms with Crippen molar-refractivity contribution in [1.29, 1.82) is 0 Å². The number of hydrogen-bond donors (Lipinski definition) is 0. The van der Waals surface area contributed by atoms with Crippen molar-refractivity contribution in [2.24, 2.45) is 0 Å². The molecule has 0 heterocycles. The summed E-state index contributed by atoms with van der Waals surface area (Å²) in [5.41, 5.74) is 4.56. The van der Waals surface area contributed by atoms with Gasteiger partial charge in [0.15, 0.2) is 11.5 Å². The highest BCUT2D eigenvalue weighted by atomic mass is 16.5. The lowest BCUT2D eigenvalue weighted by molar-refractivity contribution is 0.419. The van der Waals surface area contributed by atoms with Gasteiger partial charge in [-0.05, 0) is 64.7 Å². The minimum atomic E-state index is 0.669. The van der Waals surface area contributed by atoms with E-state index in [0.717, 1.165) is 22.6 Å². The third kappa shape index (κ3) is 4.55. The van der Waals surface area contributed by atoms with Crippen LogP contribution in [0.1, 0.15) is 0 Å². The van der Waals surface area contributed by atoms with Crippen LogP contribution in [0.2, 0.25) is 0 Å². The summed E-state index contributed by atoms with van der Waals surface area (Å²) in [5, 5.41) is 0. The molecule has 5 rings (SSSR count). The first-order chi connectivity index (χ1) is 15.8. The largest absolute Gasteiger partial charge is 0.453 e. The van der Waals surface area contributed by atoms with E-state index in [2.05, 4.69) is 54.6 Å². The van der Waals surface area contributed by atoms with Crippen molar-refractivity contribution in [3.05, 3.63) is 133 Å². The molecule has 0 saturated heterocycles. The van der Waals surface area contributed by atoms with Crippen LogP contribution in [0.5, 0.6) is 23.0 Å². The second-order valence-electron chi connectivity index (χ2n) is 7.44. The molecule has 5 aromatic carbocycles. The van der Waals surface area contributed by atoms with Crippen molar-refractivity contribution in [1.82, 2.24) is 0 Å². The summed E-state index contributed by atoms with van der Waals surface area (Å²) < 4.78 is 12.4. The molecule has 5 aromatic rings. The summed E-state index contributed by atoms with van der Waals surface area (Å²) >= 11 is 0. The Morgan fingerprint density at radius 2 is 0.781 bits per heavy atom. The number of rotatable bonds is 6. The van der Waals surface area contributed by atoms with E-state index in [1.165, 1.54) is 11.1 Å². The maximum absolute atomic E-state index is 6.23. The molecule has 2 heteroatoms. The van der Waals surface area contributed by atoms with E-state index in [-0.39, 0.29) is 0 Å². The first kappa shape index (κ1) is 19.7. The standard InChI is InChI=1S/C30H22O2/c1-4-11-23(12-5-1)24-13-10-14-25(21-24)26-19-20-29(31-27-15-6-2-7-16-27)30(22-26)32-28-17-8-3-9-18-28/h1-22H. The van der Waals surface area contributed by atoms with Crippen molar-refractivity contribution >= 4 is 0 Å². The molecule has 0 atom stereocenters. The van der Waals surface area contributed by atoms with Crippen LogP contribution in [-0.4, -0.2) is 0 Å². The molecule has 0 amide bonds. The number of benzene rings is 5. The van der Waals surface area contributed by atoms with Crippen molar-refractivity contribution in [2.45, 2.75) is 0 Å². The Morgan fingerprint density at radius 1 is 0.312 bits per heavy atom. The van der Waals surface area contributed by atoms with Gasteiger partial charge in [-0.2, -0.15) is 0 Å². The van der Waals surface area contributed by atoms with Crippen molar-refractivity contribution in [2.75, 3.05) is 0 Å². The quantitative estimate of drug-likeness (QED) is 0.277. The van der Waals surface area contributed by atoms with E-state index in [1.54, 1.807) is 0 Å². The highest BCUT2D eigenvalue weighted by Crippen LogP contribution is 2.38. The molecule has 2 nitrogen and oxygen atoms in total. The van der Waals surface area contributed by atoms with Crippen LogP contribution in [0.25, 0.3) is 22.3 Å². The molecule has 0 saturated carbocycles. The summed E-state index contributed by atoms with van der Waals surface area (Å²) in [6.07, 6.45) is 0. The Hall–Kier alpha value is -4.30. The van der Waals surface area contributed by atoms with E-state index < -0.39 is 0 Å². The van der Waals surface area contributed by atoms with Crippen LogP contribution in [0.4, 0.5) is 0 Å². The maximum atomic E-state index is 6.23. The van der Waals surface area contributed by atoms with Gasteiger partial charge in [0.25, 0.3) is 0 Å². The molecule has 0 bridgehead atoms. The summed E-state index contributed by atoms with van der Waals surface area (Å²) in [6, 6.07) is 44.5. The van der Waals surface area contributed by atoms with E-state index >= 15 is 0 Å². The Balaban J connectivity index is 1.53. The van der Waals surface area contributed by atoms with Gasteiger partial charge in [-0.3, -0.25) is 0 Å². The van der Waals surface area contributed by atoms with Crippen LogP contribution >= 0.6 is 0 Å². The number of ether oxygens (including phenoxy) is 2. The molecule has 0 fully saturated rings. The minimum Gasteiger partial charge on any atom is -0.453 e. The highest BCUT2D eigenvalue weighted by molar-refractivity contribution is 5.74. The van der Waals surface area contributed by atoms with E-state index in [1.807, 2.05) is 78.9 Å². The third-order valence-electron chi connectivity index (χ3n) is 5.19. The van der Waals surface area contributed by atoms with Gasteiger partial charge in [0.1, 0.15) is 11.5 Å². The maximum Gasteiger partial charge on any atom is 0.170 e. The Labute approximate surface area is 188 Å². The second kappa shape index (κ2) is 9.23. The van der Waals surface area contributed by atoms with Crippen LogP contribution in [0.15, 0.2) is 133 Å². The average Bonchev–Trinajstić information content (AvgIpc) is 2.87. The fourth-order valence-electron chi connectivity index (χ4n) is 3.59. The smallest absolute Gasteiger partial charge is 0.170 e. The Bertz CT molecular complexity index is 1300. The molecule has 0 aromatic heterocycles. The first-order valence-electron chi connectivity index (χ1n) is 10.6. The van der Waals surface area contributed by atoms with Gasteiger partial charge in [-0.25, -0.2) is 0 Å². The molecule has 0 aliphatic heterocycles. The van der Waals surface area contributed by atoms with Gasteiger partial charge in [0, 0.05) is 0 Å². The predicted octanol–water partition coefficient (Wildman–Crippen LogP) is 8.61. The van der Waals surface area contributed by atoms with Crippen LogP contribution in [0.3, 0.4) is 0 Å². The molecule has 0 spiro atoms. The van der Waals surface area contributed by atoms with Gasteiger partial charge in [0.05, 0.1) is 0 Å². The first-order valence-corrected chi connectivity index (χ1v) is 10.6. The predicted molar refractivity (Wildman–Crippen MR) is 130 cm³/mol. The molecule has 0 unspecified atom stereocenters. The molecule has 0 aliphatic rings. The summed E-state index contributed by atoms with van der Waals surface area (Å²) in [5.74, 6) is 2.87. The lowest BCUT2D eigenvalue weighted by atomic mass is 9.99. The SMILES string of the molecule is c1ccc(Oc2ccc(-c3cccc(-c4ccccc4)c3)cc2Oc2ccccc2)cc1. The second-order valence-corrected chi connectivity index (χ2v) is 7.44. The zero-order chi connectivity index (χ0) is 21.6. The van der Waals surface area contributed by atoms with Gasteiger partial charge >= 0.3 is 0 Å². The molecule has 0 aliphatic carbocycles. The lowest BCUT2D eigenvalue weighted by Crippen LogP contribution is -1.91. The summed E-state index contributed by atoms with van der Waals surface area (Å²) in [7, 11) is 0. The topological polar surface area (TPSA) is 18.5 Å². The summed E-state index contributed by atoms with van der Waals surface area (Å²) in [4.78, 5) is 0. The van der Waals surface area contributed by atoms with E-state index in [4.69, 9.17) is 9.47 Å². The molecular formula is C30H22O2. The average molecular weight is 415 g/mol. The highest BCUT2D eigenvalue weighted by Gasteiger charge is 2.11. The minimum absolute atomic E-state index is 0.669. The number of para-hydroxylation sites is 2. The van der Waals surface area contributed by atoms with Crippen LogP contribution < -0.4 is 9.47 Å². The Kier molecular flexibility index (Phi) is 5.67. The van der Waals surface area contributed by atoms with E-state index in [0.29, 0.717) is 11.5 Å². The van der Waals surface area contributed by atoms with Gasteiger partial charge < -0.3 is 9.47 Å². The fraction of sp³-hybridized carbons (Fsp3) is 0. The fourth-order valence-corrected chi connectivity index (χ4v) is 3.59. The Morgan fingerprint density at radius 3 is 1.41 bits per heavy atom. The lowest BCUT2D eigenvalue weighted by Gasteiger charge is -2.14. The monoisotopic (exact) mass is 414 g/mol. The van der Waals surface area contributed by atoms with Gasteiger partial charge in [-0.1, -0.05) is 91.0 Å². The molecular weight excluding hydrogens is 392 g/mol. The number of hydrogen-bond acceptors (Lipinski definition) is 2. The van der Waals surface area contributed by atoms with Crippen LogP contribution in [0, 0.1) is 0 Å². The summed E-state index contributed by atoms with van der Waals surface area (Å²) in [6.45, 7) is 0. The molecule has 0 radical (unpaired) electrons. The van der Waals surface area contributed by atoms with Crippen molar-refractivity contribution < 1.29 is 9.47 Å². The van der Waals surface area contributed by atoms with E-state index in [9.17, 15) is 0 Å². The van der Waals surface area contributed by atoms with Gasteiger partial charge in [-0.15, -0.1) is 0 Å². The molecule has 154 valence electrons. The van der Waals surface area contributed by atoms with Crippen molar-refractivity contribution in [3.8, 4) is 45.3 Å². The zero-order valence-corrected chi connectivity index (χ0v) is 17.5. The van der Waals surface area contributed by atoms with Gasteiger partial charge in [0.2, 0.25) is 0 Å². The normalized spacial score (nSPS) is 10.5. The molecule has 0 N–H and O–H groups in total. The van der Waals surface area contributed by atoms with Crippen molar-refractivity contribution in [3.63, 3.8) is 0 Å².